The number of nitrogens with zero attached hydrogens (tertiary/aromatic N) is 2. The number of hydrogen-bond acceptors (Lipinski definition) is 3. The fourth-order valence-electron chi connectivity index (χ4n) is 1.52. The number of aromatic nitrogens is 2. The van der Waals surface area contributed by atoms with E-state index in [2.05, 4.69) is 23.9 Å². The Morgan fingerprint density at radius 3 is 2.89 bits per heavy atom. The van der Waals surface area contributed by atoms with Crippen LogP contribution in [0.15, 0.2) is 12.3 Å². The average molecular weight is 272 g/mol. The monoisotopic (exact) mass is 272 g/mol. The van der Waals surface area contributed by atoms with Gasteiger partial charge >= 0.3 is 0 Å². The van der Waals surface area contributed by atoms with Gasteiger partial charge < -0.3 is 9.53 Å². The van der Waals surface area contributed by atoms with Gasteiger partial charge in [0.1, 0.15) is 13.0 Å². The number of carbonyl (C=O) groups is 1. The zero-order chi connectivity index (χ0) is 13.4. The number of carbonyl (C=O) groups excluding carboxylic acids is 1. The van der Waals surface area contributed by atoms with Crippen molar-refractivity contribution in [3.05, 3.63) is 18.0 Å². The van der Waals surface area contributed by atoms with Crippen LogP contribution in [0.3, 0.4) is 0 Å². The van der Waals surface area contributed by atoms with Gasteiger partial charge in [-0.25, -0.2) is 14.7 Å². The molecule has 0 spiro atoms. The molecule has 0 bridgehead atoms. The summed E-state index contributed by atoms with van der Waals surface area (Å²) in [5, 5.41) is 4.24. The lowest BCUT2D eigenvalue weighted by atomic mass is 10.2. The van der Waals surface area contributed by atoms with Crippen molar-refractivity contribution < 1.29 is 9.53 Å². The molecular formula is C13H24N2O2S. The second-order valence-corrected chi connectivity index (χ2v) is 9.80. The highest BCUT2D eigenvalue weighted by molar-refractivity contribution is 8.32. The minimum Gasteiger partial charge on any atom is -0.358 e. The summed E-state index contributed by atoms with van der Waals surface area (Å²) >= 11 is 0. The second kappa shape index (κ2) is 7.59. The van der Waals surface area contributed by atoms with Gasteiger partial charge in [0.2, 0.25) is 0 Å². The highest BCUT2D eigenvalue weighted by atomic mass is 32.3. The molecule has 0 aliphatic carbocycles. The number of hydrogen-bond donors (Lipinski definition) is 0. The van der Waals surface area contributed by atoms with E-state index in [4.69, 9.17) is 4.74 Å². The van der Waals surface area contributed by atoms with Gasteiger partial charge in [-0.3, -0.25) is 0 Å². The van der Waals surface area contributed by atoms with Crippen molar-refractivity contribution >= 4 is 16.3 Å². The molecule has 0 saturated heterocycles. The number of aryl methyl sites for hydroxylation is 1. The predicted octanol–water partition coefficient (Wildman–Crippen LogP) is 2.07. The molecule has 0 N–H and O–H groups in total. The van der Waals surface area contributed by atoms with Crippen LogP contribution in [-0.4, -0.2) is 47.2 Å². The molecule has 0 saturated carbocycles. The summed E-state index contributed by atoms with van der Waals surface area (Å²) in [5.74, 6) is 1.12. The first-order chi connectivity index (χ1) is 8.53. The van der Waals surface area contributed by atoms with Gasteiger partial charge in [0.05, 0.1) is 6.61 Å². The van der Waals surface area contributed by atoms with Gasteiger partial charge in [0.15, 0.2) is 0 Å². The average Bonchev–Trinajstić information content (AvgIpc) is 2.71. The third kappa shape index (κ3) is 6.21. The third-order valence-electron chi connectivity index (χ3n) is 2.61. The molecule has 0 radical (unpaired) electrons. The Bertz CT molecular complexity index is 358. The largest absolute Gasteiger partial charge is 0.358 e. The molecule has 104 valence electrons. The Hall–Kier alpha value is -0.810. The normalized spacial score (nSPS) is 12.6. The highest BCUT2D eigenvalue weighted by Crippen LogP contribution is 2.33. The Kier molecular flexibility index (Phi) is 6.43. The van der Waals surface area contributed by atoms with E-state index in [1.807, 2.05) is 10.7 Å². The number of ether oxygens (including phenoxy) is 1. The molecule has 0 aliphatic rings. The second-order valence-electron chi connectivity index (χ2n) is 5.21. The maximum atomic E-state index is 10.3. The van der Waals surface area contributed by atoms with Crippen molar-refractivity contribution in [2.75, 3.05) is 31.1 Å². The Balaban J connectivity index is 2.29. The maximum absolute atomic E-state index is 10.3. The first kappa shape index (κ1) is 15.2. The molecule has 18 heavy (non-hydrogen) atoms. The zero-order valence-electron chi connectivity index (χ0n) is 11.6. The van der Waals surface area contributed by atoms with E-state index in [-0.39, 0.29) is 0 Å². The quantitative estimate of drug-likeness (QED) is 0.510. The summed E-state index contributed by atoms with van der Waals surface area (Å²) < 4.78 is 7.53. The molecular weight excluding hydrogens is 248 g/mol. The molecule has 0 aliphatic heterocycles. The van der Waals surface area contributed by atoms with Crippen LogP contribution in [0.25, 0.3) is 0 Å². The van der Waals surface area contributed by atoms with Crippen LogP contribution in [0.5, 0.6) is 0 Å². The molecule has 0 unspecified atom stereocenters. The first-order valence-electron chi connectivity index (χ1n) is 6.21. The van der Waals surface area contributed by atoms with E-state index < -0.39 is 10.0 Å². The third-order valence-corrected chi connectivity index (χ3v) is 4.00. The van der Waals surface area contributed by atoms with Crippen molar-refractivity contribution in [3.63, 3.8) is 0 Å². The fourth-order valence-corrected chi connectivity index (χ4v) is 2.13. The van der Waals surface area contributed by atoms with Gasteiger partial charge in [0, 0.05) is 24.1 Å². The lowest BCUT2D eigenvalue weighted by Gasteiger charge is -2.24. The smallest absolute Gasteiger partial charge is 0.139 e. The predicted molar refractivity (Wildman–Crippen MR) is 77.4 cm³/mol. The summed E-state index contributed by atoms with van der Waals surface area (Å²) in [5.41, 5.74) is 1.14. The molecule has 1 heterocycles. The van der Waals surface area contributed by atoms with Crippen LogP contribution in [-0.2, 0) is 22.7 Å². The van der Waals surface area contributed by atoms with E-state index in [1.54, 1.807) is 6.20 Å². The number of unbranched alkanes of at least 4 members (excludes halogenated alkanes) is 1. The topological polar surface area (TPSA) is 44.1 Å². The Morgan fingerprint density at radius 1 is 1.44 bits per heavy atom. The van der Waals surface area contributed by atoms with Gasteiger partial charge in [-0.2, -0.15) is 5.10 Å². The maximum Gasteiger partial charge on any atom is 0.139 e. The molecule has 0 amide bonds. The lowest BCUT2D eigenvalue weighted by molar-refractivity contribution is -0.107. The van der Waals surface area contributed by atoms with Crippen LogP contribution in [0.4, 0.5) is 0 Å². The molecule has 1 aromatic heterocycles. The molecule has 0 atom stereocenters. The molecule has 0 fully saturated rings. The van der Waals surface area contributed by atoms with Gasteiger partial charge in [-0.1, -0.05) is 0 Å². The fraction of sp³-hybridized carbons (Fsp3) is 0.692. The van der Waals surface area contributed by atoms with Crippen LogP contribution in [0.2, 0.25) is 0 Å². The van der Waals surface area contributed by atoms with E-state index in [0.717, 1.165) is 37.2 Å². The summed E-state index contributed by atoms with van der Waals surface area (Å²) in [6, 6.07) is 1.99. The lowest BCUT2D eigenvalue weighted by Crippen LogP contribution is -2.12. The van der Waals surface area contributed by atoms with E-state index in [1.165, 1.54) is 0 Å². The van der Waals surface area contributed by atoms with Crippen molar-refractivity contribution in [1.29, 1.82) is 0 Å². The first-order valence-corrected chi connectivity index (χ1v) is 9.24. The Morgan fingerprint density at radius 2 is 2.22 bits per heavy atom. The SMILES string of the molecule is CS(C)(C)CCOCn1nccc1CCCC=O. The van der Waals surface area contributed by atoms with Crippen molar-refractivity contribution in [3.8, 4) is 0 Å². The van der Waals surface area contributed by atoms with Gasteiger partial charge in [-0.15, -0.1) is 0 Å². The van der Waals surface area contributed by atoms with E-state index in [0.29, 0.717) is 13.2 Å². The minimum atomic E-state index is -0.486. The van der Waals surface area contributed by atoms with Crippen LogP contribution in [0.1, 0.15) is 18.5 Å². The molecule has 1 rings (SSSR count). The summed E-state index contributed by atoms with van der Waals surface area (Å²) in [6.45, 7) is 1.30. The summed E-state index contributed by atoms with van der Waals surface area (Å²) in [6.07, 6.45) is 12.0. The van der Waals surface area contributed by atoms with E-state index in [9.17, 15) is 4.79 Å². The van der Waals surface area contributed by atoms with Crippen molar-refractivity contribution in [2.24, 2.45) is 0 Å². The van der Waals surface area contributed by atoms with Crippen LogP contribution < -0.4 is 0 Å². The van der Waals surface area contributed by atoms with E-state index >= 15 is 0 Å². The summed E-state index contributed by atoms with van der Waals surface area (Å²) in [4.78, 5) is 10.3. The molecule has 0 aromatic carbocycles. The van der Waals surface area contributed by atoms with Crippen molar-refractivity contribution in [1.82, 2.24) is 9.78 Å². The minimum absolute atomic E-state index is 0.486. The molecule has 4 nitrogen and oxygen atoms in total. The van der Waals surface area contributed by atoms with Crippen molar-refractivity contribution in [2.45, 2.75) is 26.0 Å². The molecule has 5 heteroatoms. The zero-order valence-corrected chi connectivity index (χ0v) is 12.4. The number of rotatable bonds is 9. The van der Waals surface area contributed by atoms with Crippen LogP contribution >= 0.6 is 10.0 Å². The van der Waals surface area contributed by atoms with Gasteiger partial charge in [-0.05, 0) is 37.7 Å². The standard InChI is InChI=1S/C13H24N2O2S/c1-18(2,3)11-10-17-12-15-13(7-8-14-15)6-4-5-9-16/h7-9H,4-6,10-12H2,1-3H3. The van der Waals surface area contributed by atoms with Crippen LogP contribution in [0, 0.1) is 0 Å². The molecule has 1 aromatic rings. The Labute approximate surface area is 111 Å². The number of aldehydes is 1. The summed E-state index contributed by atoms with van der Waals surface area (Å²) in [7, 11) is -0.486. The highest BCUT2D eigenvalue weighted by Gasteiger charge is 2.05. The van der Waals surface area contributed by atoms with Gasteiger partial charge in [0.25, 0.3) is 0 Å².